The summed E-state index contributed by atoms with van der Waals surface area (Å²) in [6.45, 7) is 2.07. The van der Waals surface area contributed by atoms with Crippen LogP contribution in [0.25, 0.3) is 0 Å². The van der Waals surface area contributed by atoms with E-state index in [2.05, 4.69) is 9.98 Å². The molecular formula is C7H16FN5. The lowest BCUT2D eigenvalue weighted by atomic mass is 10.2. The molecular weight excluding hydrogens is 173 g/mol. The van der Waals surface area contributed by atoms with Gasteiger partial charge in [-0.05, 0) is 12.8 Å². The summed E-state index contributed by atoms with van der Waals surface area (Å²) in [6.07, 6.45) is -0.00898. The minimum Gasteiger partial charge on any atom is -0.370 e. The summed E-state index contributed by atoms with van der Waals surface area (Å²) in [7, 11) is 0. The molecule has 5 nitrogen and oxygen atoms in total. The second kappa shape index (κ2) is 6.22. The van der Waals surface area contributed by atoms with Gasteiger partial charge in [-0.25, -0.2) is 4.39 Å². The highest BCUT2D eigenvalue weighted by molar-refractivity contribution is 5.92. The third kappa shape index (κ3) is 7.04. The first-order valence-corrected chi connectivity index (χ1v) is 4.09. The highest BCUT2D eigenvalue weighted by Gasteiger charge is 2.01. The van der Waals surface area contributed by atoms with Crippen molar-refractivity contribution in [3.63, 3.8) is 0 Å². The Kier molecular flexibility index (Phi) is 5.58. The molecule has 1 atom stereocenters. The molecule has 0 saturated carbocycles. The molecule has 0 aliphatic carbocycles. The molecule has 0 aromatic rings. The summed E-state index contributed by atoms with van der Waals surface area (Å²) in [5.74, 6) is -0.156. The second-order valence-corrected chi connectivity index (χ2v) is 2.57. The smallest absolute Gasteiger partial charge is 0.218 e. The molecule has 13 heavy (non-hydrogen) atoms. The van der Waals surface area contributed by atoms with E-state index < -0.39 is 6.17 Å². The number of aliphatic imine (C=N–C) groups is 2. The fraction of sp³-hybridized carbons (Fsp3) is 0.714. The maximum Gasteiger partial charge on any atom is 0.218 e. The van der Waals surface area contributed by atoms with Crippen molar-refractivity contribution in [1.29, 1.82) is 0 Å². The van der Waals surface area contributed by atoms with E-state index in [0.717, 1.165) is 0 Å². The molecule has 0 aromatic heterocycles. The van der Waals surface area contributed by atoms with Gasteiger partial charge in [0.25, 0.3) is 0 Å². The van der Waals surface area contributed by atoms with Crippen molar-refractivity contribution in [3.05, 3.63) is 0 Å². The van der Waals surface area contributed by atoms with Crippen molar-refractivity contribution in [2.45, 2.75) is 25.9 Å². The van der Waals surface area contributed by atoms with Crippen LogP contribution in [0.4, 0.5) is 4.39 Å². The van der Waals surface area contributed by atoms with Crippen molar-refractivity contribution < 1.29 is 4.39 Å². The largest absolute Gasteiger partial charge is 0.370 e. The van der Waals surface area contributed by atoms with E-state index in [1.54, 1.807) is 6.92 Å². The lowest BCUT2D eigenvalue weighted by Gasteiger charge is -2.00. The lowest BCUT2D eigenvalue weighted by Crippen LogP contribution is -2.26. The second-order valence-electron chi connectivity index (χ2n) is 2.57. The van der Waals surface area contributed by atoms with Gasteiger partial charge in [0.15, 0.2) is 5.96 Å². The van der Waals surface area contributed by atoms with E-state index in [9.17, 15) is 4.39 Å². The number of hydrogen-bond acceptors (Lipinski definition) is 1. The van der Waals surface area contributed by atoms with Gasteiger partial charge in [-0.1, -0.05) is 6.92 Å². The summed E-state index contributed by atoms with van der Waals surface area (Å²) in [6, 6.07) is 0. The Morgan fingerprint density at radius 1 is 1.38 bits per heavy atom. The molecule has 0 bridgehead atoms. The van der Waals surface area contributed by atoms with Crippen LogP contribution in [0, 0.1) is 0 Å². The number of halogens is 1. The Morgan fingerprint density at radius 3 is 2.46 bits per heavy atom. The van der Waals surface area contributed by atoms with Gasteiger partial charge >= 0.3 is 0 Å². The topological polar surface area (TPSA) is 103 Å². The average molecular weight is 189 g/mol. The molecule has 0 rings (SSSR count). The Morgan fingerprint density at radius 2 is 2.00 bits per heavy atom. The molecule has 1 unspecified atom stereocenters. The van der Waals surface area contributed by atoms with E-state index in [0.29, 0.717) is 19.4 Å². The van der Waals surface area contributed by atoms with Crippen LogP contribution in [-0.2, 0) is 0 Å². The van der Waals surface area contributed by atoms with Gasteiger partial charge in [0, 0.05) is 6.54 Å². The van der Waals surface area contributed by atoms with E-state index in [1.165, 1.54) is 0 Å². The van der Waals surface area contributed by atoms with Crippen LogP contribution >= 0.6 is 0 Å². The van der Waals surface area contributed by atoms with Crippen LogP contribution in [0.2, 0.25) is 0 Å². The first-order valence-electron chi connectivity index (χ1n) is 4.09. The predicted molar refractivity (Wildman–Crippen MR) is 52.1 cm³/mol. The Hall–Kier alpha value is -1.33. The van der Waals surface area contributed by atoms with Crippen molar-refractivity contribution in [2.75, 3.05) is 6.54 Å². The number of hydrogen-bond donors (Lipinski definition) is 3. The number of nitrogens with zero attached hydrogens (tertiary/aromatic N) is 2. The normalized spacial score (nSPS) is 13.8. The molecule has 6 heteroatoms. The molecule has 0 saturated heterocycles. The molecule has 0 radical (unpaired) electrons. The van der Waals surface area contributed by atoms with Crippen LogP contribution in [0.5, 0.6) is 0 Å². The predicted octanol–water partition coefficient (Wildman–Crippen LogP) is -0.287. The minimum atomic E-state index is -0.837. The zero-order chi connectivity index (χ0) is 10.3. The molecule has 0 spiro atoms. The molecule has 76 valence electrons. The zero-order valence-electron chi connectivity index (χ0n) is 7.70. The van der Waals surface area contributed by atoms with Gasteiger partial charge in [0.1, 0.15) is 6.17 Å². The lowest BCUT2D eigenvalue weighted by molar-refractivity contribution is 0.310. The first kappa shape index (κ1) is 11.7. The van der Waals surface area contributed by atoms with Gasteiger partial charge in [-0.15, -0.1) is 0 Å². The fourth-order valence-electron chi connectivity index (χ4n) is 0.691. The number of nitrogens with two attached hydrogens (primary N) is 3. The minimum absolute atomic E-state index is 0.0108. The summed E-state index contributed by atoms with van der Waals surface area (Å²) >= 11 is 0. The molecule has 0 fully saturated rings. The van der Waals surface area contributed by atoms with Crippen LogP contribution in [0.1, 0.15) is 19.8 Å². The van der Waals surface area contributed by atoms with Gasteiger partial charge in [0.05, 0.1) is 0 Å². The average Bonchev–Trinajstić information content (AvgIpc) is 2.02. The van der Waals surface area contributed by atoms with E-state index >= 15 is 0 Å². The monoisotopic (exact) mass is 189 g/mol. The van der Waals surface area contributed by atoms with Gasteiger partial charge < -0.3 is 17.2 Å². The SMILES string of the molecule is CCC(F)CCN=C(N)N=C(N)N. The highest BCUT2D eigenvalue weighted by Crippen LogP contribution is 2.01. The Balaban J connectivity index is 3.78. The standard InChI is InChI=1S/C7H16FN5/c1-2-5(8)3-4-12-7(11)13-6(9)10/h5H,2-4H2,1H3,(H6,9,10,11,12,13). The van der Waals surface area contributed by atoms with Crippen LogP contribution in [-0.4, -0.2) is 24.6 Å². The molecule has 0 aliphatic rings. The van der Waals surface area contributed by atoms with E-state index in [4.69, 9.17) is 17.2 Å². The van der Waals surface area contributed by atoms with Gasteiger partial charge in [-0.2, -0.15) is 4.99 Å². The summed E-state index contributed by atoms with van der Waals surface area (Å²) in [5.41, 5.74) is 15.4. The van der Waals surface area contributed by atoms with Crippen molar-refractivity contribution in [2.24, 2.45) is 27.2 Å². The number of guanidine groups is 2. The summed E-state index contributed by atoms with van der Waals surface area (Å²) in [5, 5.41) is 0. The van der Waals surface area contributed by atoms with Gasteiger partial charge in [0.2, 0.25) is 5.96 Å². The third-order valence-electron chi connectivity index (χ3n) is 1.40. The number of rotatable bonds is 4. The molecule has 6 N–H and O–H groups in total. The van der Waals surface area contributed by atoms with Crippen molar-refractivity contribution in [3.8, 4) is 0 Å². The molecule has 0 aliphatic heterocycles. The molecule has 0 heterocycles. The fourth-order valence-corrected chi connectivity index (χ4v) is 0.691. The first-order chi connectivity index (χ1) is 6.06. The highest BCUT2D eigenvalue weighted by atomic mass is 19.1. The third-order valence-corrected chi connectivity index (χ3v) is 1.40. The molecule has 0 aromatic carbocycles. The Bertz CT molecular complexity index is 197. The van der Waals surface area contributed by atoms with Crippen molar-refractivity contribution >= 4 is 11.9 Å². The maximum atomic E-state index is 12.6. The van der Waals surface area contributed by atoms with Crippen LogP contribution in [0.3, 0.4) is 0 Å². The molecule has 0 amide bonds. The zero-order valence-corrected chi connectivity index (χ0v) is 7.70. The summed E-state index contributed by atoms with van der Waals surface area (Å²) < 4.78 is 12.6. The van der Waals surface area contributed by atoms with E-state index in [-0.39, 0.29) is 11.9 Å². The van der Waals surface area contributed by atoms with Crippen molar-refractivity contribution in [1.82, 2.24) is 0 Å². The number of alkyl halides is 1. The maximum absolute atomic E-state index is 12.6. The van der Waals surface area contributed by atoms with Crippen LogP contribution in [0.15, 0.2) is 9.98 Å². The Labute approximate surface area is 76.9 Å². The van der Waals surface area contributed by atoms with Crippen LogP contribution < -0.4 is 17.2 Å². The quantitative estimate of drug-likeness (QED) is 0.418. The van der Waals surface area contributed by atoms with E-state index in [1.807, 2.05) is 0 Å². The van der Waals surface area contributed by atoms with Gasteiger partial charge in [-0.3, -0.25) is 4.99 Å². The summed E-state index contributed by atoms with van der Waals surface area (Å²) in [4.78, 5) is 7.24.